The predicted molar refractivity (Wildman–Crippen MR) is 108 cm³/mol. The molecule has 1 N–H and O–H groups in total. The van der Waals surface area contributed by atoms with Crippen molar-refractivity contribution in [1.82, 2.24) is 14.8 Å². The van der Waals surface area contributed by atoms with Crippen LogP contribution in [-0.2, 0) is 16.4 Å². The SMILES string of the molecule is O=C(O)c1ncccc1Cn1ncc2cc(S(=O)(=O)c3ccccc3)ccc2c1=O. The molecule has 0 saturated heterocycles. The smallest absolute Gasteiger partial charge is 0.354 e. The number of hydrogen-bond acceptors (Lipinski definition) is 6. The number of carboxylic acids is 1. The molecule has 2 heterocycles. The van der Waals surface area contributed by atoms with E-state index in [2.05, 4.69) is 10.1 Å². The highest BCUT2D eigenvalue weighted by molar-refractivity contribution is 7.91. The van der Waals surface area contributed by atoms with E-state index in [4.69, 9.17) is 0 Å². The van der Waals surface area contributed by atoms with E-state index in [1.807, 2.05) is 0 Å². The largest absolute Gasteiger partial charge is 0.477 e. The molecular weight excluding hydrogens is 406 g/mol. The summed E-state index contributed by atoms with van der Waals surface area (Å²) in [4.78, 5) is 28.2. The monoisotopic (exact) mass is 421 g/mol. The Morgan fingerprint density at radius 1 is 1.00 bits per heavy atom. The lowest BCUT2D eigenvalue weighted by atomic mass is 10.2. The number of carboxylic acid groups (broad SMARTS) is 1. The fourth-order valence-corrected chi connectivity index (χ4v) is 4.42. The molecule has 9 heteroatoms. The topological polar surface area (TPSA) is 119 Å². The molecule has 0 bridgehead atoms. The molecule has 0 aliphatic heterocycles. The van der Waals surface area contributed by atoms with Crippen molar-refractivity contribution in [3.05, 3.63) is 94.7 Å². The van der Waals surface area contributed by atoms with E-state index in [9.17, 15) is 23.1 Å². The van der Waals surface area contributed by atoms with Gasteiger partial charge in [-0.3, -0.25) is 4.79 Å². The third kappa shape index (κ3) is 3.46. The molecule has 8 nitrogen and oxygen atoms in total. The highest BCUT2D eigenvalue weighted by Crippen LogP contribution is 2.23. The number of carbonyl (C=O) groups is 1. The van der Waals surface area contributed by atoms with Crippen LogP contribution in [0.4, 0.5) is 0 Å². The number of nitrogens with zero attached hydrogens (tertiary/aromatic N) is 3. The van der Waals surface area contributed by atoms with Crippen LogP contribution < -0.4 is 5.56 Å². The molecule has 0 amide bonds. The number of fused-ring (bicyclic) bond motifs is 1. The van der Waals surface area contributed by atoms with Gasteiger partial charge in [-0.1, -0.05) is 24.3 Å². The second kappa shape index (κ2) is 7.53. The van der Waals surface area contributed by atoms with Crippen LogP contribution in [0.5, 0.6) is 0 Å². The first kappa shape index (κ1) is 19.5. The third-order valence-electron chi connectivity index (χ3n) is 4.60. The fraction of sp³-hybridized carbons (Fsp3) is 0.0476. The van der Waals surface area contributed by atoms with Gasteiger partial charge in [0.1, 0.15) is 0 Å². The molecule has 0 aliphatic rings. The van der Waals surface area contributed by atoms with Crippen LogP contribution in [0, 0.1) is 0 Å². The second-order valence-corrected chi connectivity index (χ2v) is 8.44. The van der Waals surface area contributed by atoms with Crippen LogP contribution in [0.2, 0.25) is 0 Å². The van der Waals surface area contributed by atoms with Gasteiger partial charge in [0, 0.05) is 17.1 Å². The maximum absolute atomic E-state index is 12.8. The Balaban J connectivity index is 1.76. The standard InChI is InChI=1S/C21H15N3O5S/c25-20-18-9-8-17(30(28,29)16-6-2-1-3-7-16)11-15(18)12-23-24(20)13-14-5-4-10-22-19(14)21(26)27/h1-12H,13H2,(H,26,27). The number of pyridine rings is 1. The minimum atomic E-state index is -3.73. The lowest BCUT2D eigenvalue weighted by Crippen LogP contribution is -2.24. The molecule has 2 aromatic heterocycles. The Morgan fingerprint density at radius 3 is 2.50 bits per heavy atom. The van der Waals surface area contributed by atoms with E-state index in [0.717, 1.165) is 4.68 Å². The first-order chi connectivity index (χ1) is 14.4. The Bertz CT molecular complexity index is 1430. The van der Waals surface area contributed by atoms with Gasteiger partial charge in [0.15, 0.2) is 5.69 Å². The average Bonchev–Trinajstić information content (AvgIpc) is 2.76. The minimum absolute atomic E-state index is 0.0561. The van der Waals surface area contributed by atoms with Crippen molar-refractivity contribution in [2.24, 2.45) is 0 Å². The summed E-state index contributed by atoms with van der Waals surface area (Å²) in [5, 5.41) is 14.0. The summed E-state index contributed by atoms with van der Waals surface area (Å²) in [5.74, 6) is -1.20. The first-order valence-corrected chi connectivity index (χ1v) is 10.3. The van der Waals surface area contributed by atoms with Gasteiger partial charge in [-0.05, 0) is 36.4 Å². The average molecular weight is 421 g/mol. The lowest BCUT2D eigenvalue weighted by molar-refractivity contribution is 0.0689. The van der Waals surface area contributed by atoms with Gasteiger partial charge in [-0.15, -0.1) is 0 Å². The van der Waals surface area contributed by atoms with E-state index >= 15 is 0 Å². The van der Waals surface area contributed by atoms with Gasteiger partial charge < -0.3 is 5.11 Å². The molecule has 4 rings (SSSR count). The van der Waals surface area contributed by atoms with Crippen LogP contribution >= 0.6 is 0 Å². The van der Waals surface area contributed by atoms with Crippen molar-refractivity contribution in [3.63, 3.8) is 0 Å². The molecule has 4 aromatic rings. The molecular formula is C21H15N3O5S. The van der Waals surface area contributed by atoms with Crippen LogP contribution in [0.3, 0.4) is 0 Å². The molecule has 0 spiro atoms. The summed E-state index contributed by atoms with van der Waals surface area (Å²) in [6.07, 6.45) is 2.75. The van der Waals surface area contributed by atoms with Crippen molar-refractivity contribution in [3.8, 4) is 0 Å². The summed E-state index contributed by atoms with van der Waals surface area (Å²) in [7, 11) is -3.73. The summed E-state index contributed by atoms with van der Waals surface area (Å²) in [5.41, 5.74) is -0.283. The molecule has 0 saturated carbocycles. The number of benzene rings is 2. The number of sulfone groups is 1. The van der Waals surface area contributed by atoms with E-state index < -0.39 is 21.4 Å². The maximum atomic E-state index is 12.8. The fourth-order valence-electron chi connectivity index (χ4n) is 3.10. The van der Waals surface area contributed by atoms with Crippen molar-refractivity contribution in [2.45, 2.75) is 16.3 Å². The van der Waals surface area contributed by atoms with Crippen molar-refractivity contribution in [1.29, 1.82) is 0 Å². The van der Waals surface area contributed by atoms with E-state index in [1.54, 1.807) is 30.3 Å². The minimum Gasteiger partial charge on any atom is -0.477 e. The molecule has 0 radical (unpaired) electrons. The Morgan fingerprint density at radius 2 is 1.77 bits per heavy atom. The molecule has 30 heavy (non-hydrogen) atoms. The van der Waals surface area contributed by atoms with E-state index in [-0.39, 0.29) is 27.4 Å². The first-order valence-electron chi connectivity index (χ1n) is 8.85. The summed E-state index contributed by atoms with van der Waals surface area (Å²) >= 11 is 0. The molecule has 0 unspecified atom stereocenters. The van der Waals surface area contributed by atoms with Crippen molar-refractivity contribution in [2.75, 3.05) is 0 Å². The predicted octanol–water partition coefficient (Wildman–Crippen LogP) is 2.37. The Kier molecular flexibility index (Phi) is 4.88. The number of aromatic carboxylic acids is 1. The Hall–Kier alpha value is -3.85. The zero-order valence-corrected chi connectivity index (χ0v) is 16.3. The molecule has 2 aromatic carbocycles. The third-order valence-corrected chi connectivity index (χ3v) is 6.37. The normalized spacial score (nSPS) is 11.5. The second-order valence-electron chi connectivity index (χ2n) is 6.49. The highest BCUT2D eigenvalue weighted by atomic mass is 32.2. The van der Waals surface area contributed by atoms with Crippen LogP contribution in [0.1, 0.15) is 16.1 Å². The summed E-state index contributed by atoms with van der Waals surface area (Å²) in [6, 6.07) is 15.4. The molecule has 0 atom stereocenters. The van der Waals surface area contributed by atoms with Crippen LogP contribution in [0.25, 0.3) is 10.8 Å². The van der Waals surface area contributed by atoms with Gasteiger partial charge in [-0.25, -0.2) is 22.9 Å². The summed E-state index contributed by atoms with van der Waals surface area (Å²) in [6.45, 7) is -0.0751. The highest BCUT2D eigenvalue weighted by Gasteiger charge is 2.19. The summed E-state index contributed by atoms with van der Waals surface area (Å²) < 4.78 is 26.7. The van der Waals surface area contributed by atoms with E-state index in [1.165, 1.54) is 42.7 Å². The molecule has 150 valence electrons. The Labute approximate surface area is 171 Å². The number of hydrogen-bond donors (Lipinski definition) is 1. The van der Waals surface area contributed by atoms with Gasteiger partial charge in [0.25, 0.3) is 5.56 Å². The van der Waals surface area contributed by atoms with Crippen LogP contribution in [0.15, 0.2) is 87.6 Å². The zero-order valence-electron chi connectivity index (χ0n) is 15.5. The van der Waals surface area contributed by atoms with Crippen molar-refractivity contribution < 1.29 is 18.3 Å². The number of aromatic nitrogens is 3. The molecule has 0 fully saturated rings. The van der Waals surface area contributed by atoms with Gasteiger partial charge >= 0.3 is 5.97 Å². The lowest BCUT2D eigenvalue weighted by Gasteiger charge is -2.09. The van der Waals surface area contributed by atoms with Gasteiger partial charge in [0.05, 0.1) is 27.9 Å². The number of rotatable bonds is 5. The quantitative estimate of drug-likeness (QED) is 0.525. The van der Waals surface area contributed by atoms with E-state index in [0.29, 0.717) is 10.9 Å². The van der Waals surface area contributed by atoms with Crippen LogP contribution in [-0.4, -0.2) is 34.3 Å². The van der Waals surface area contributed by atoms with Gasteiger partial charge in [-0.2, -0.15) is 5.10 Å². The maximum Gasteiger partial charge on any atom is 0.354 e. The van der Waals surface area contributed by atoms with Crippen molar-refractivity contribution >= 4 is 26.6 Å². The van der Waals surface area contributed by atoms with Gasteiger partial charge in [0.2, 0.25) is 9.84 Å². The molecule has 0 aliphatic carbocycles. The zero-order chi connectivity index (χ0) is 21.3.